The maximum Gasteiger partial charge on any atom is 0.309 e. The van der Waals surface area contributed by atoms with Gasteiger partial charge in [0, 0.05) is 0 Å². The molecule has 0 aliphatic carbocycles. The first-order valence-corrected chi connectivity index (χ1v) is 5.13. The first kappa shape index (κ1) is 11.6. The summed E-state index contributed by atoms with van der Waals surface area (Å²) in [6, 6.07) is 0. The van der Waals surface area contributed by atoms with Crippen LogP contribution >= 0.6 is 0 Å². The number of rotatable bonds is 5. The molecule has 0 radical (unpaired) electrons. The largest absolute Gasteiger partial charge is 0.466 e. The molecule has 1 N–H and O–H groups in total. The first-order chi connectivity index (χ1) is 5.61. The standard InChI is InChI=1S/C7H14O4S/c1-3-6(5-12(9)10)7(8)11-4-2/h6H,3-5H2,1-2H3,(H,9,10). The van der Waals surface area contributed by atoms with E-state index in [-0.39, 0.29) is 11.7 Å². The molecule has 0 saturated carbocycles. The van der Waals surface area contributed by atoms with Crippen molar-refractivity contribution in [3.63, 3.8) is 0 Å². The second-order valence-electron chi connectivity index (χ2n) is 2.35. The number of carbonyl (C=O) groups is 1. The normalized spacial score (nSPS) is 15.2. The van der Waals surface area contributed by atoms with Crippen LogP contribution in [0.25, 0.3) is 0 Å². The van der Waals surface area contributed by atoms with Gasteiger partial charge < -0.3 is 9.29 Å². The number of ether oxygens (including phenoxy) is 1. The molecule has 2 unspecified atom stereocenters. The maximum atomic E-state index is 11.0. The molecule has 0 heterocycles. The Hall–Kier alpha value is -0.420. The highest BCUT2D eigenvalue weighted by Gasteiger charge is 2.19. The summed E-state index contributed by atoms with van der Waals surface area (Å²) in [7, 11) is 0. The van der Waals surface area contributed by atoms with Crippen molar-refractivity contribution in [3.05, 3.63) is 0 Å². The van der Waals surface area contributed by atoms with Crippen LogP contribution in [0.15, 0.2) is 0 Å². The highest BCUT2D eigenvalue weighted by atomic mass is 32.2. The summed E-state index contributed by atoms with van der Waals surface area (Å²) >= 11 is -1.92. The van der Waals surface area contributed by atoms with Gasteiger partial charge in [-0.3, -0.25) is 4.79 Å². The van der Waals surface area contributed by atoms with Gasteiger partial charge in [0.2, 0.25) is 0 Å². The van der Waals surface area contributed by atoms with E-state index in [2.05, 4.69) is 0 Å². The highest BCUT2D eigenvalue weighted by molar-refractivity contribution is 7.79. The molecule has 0 fully saturated rings. The molecular formula is C7H14O4S. The fourth-order valence-electron chi connectivity index (χ4n) is 0.785. The Bertz CT molecular complexity index is 169. The van der Waals surface area contributed by atoms with Crippen molar-refractivity contribution < 1.29 is 18.3 Å². The maximum absolute atomic E-state index is 11.0. The van der Waals surface area contributed by atoms with Gasteiger partial charge in [0.05, 0.1) is 18.3 Å². The molecule has 5 heteroatoms. The molecule has 0 aromatic heterocycles. The van der Waals surface area contributed by atoms with Crippen LogP contribution in [0.5, 0.6) is 0 Å². The summed E-state index contributed by atoms with van der Waals surface area (Å²) in [6.45, 7) is 3.81. The van der Waals surface area contributed by atoms with Gasteiger partial charge in [-0.25, -0.2) is 4.21 Å². The van der Waals surface area contributed by atoms with E-state index in [1.807, 2.05) is 0 Å². The number of esters is 1. The summed E-state index contributed by atoms with van der Waals surface area (Å²) in [5.74, 6) is -0.867. The molecule has 0 aliphatic heterocycles. The predicted molar refractivity (Wildman–Crippen MR) is 46.1 cm³/mol. The Morgan fingerprint density at radius 1 is 1.58 bits per heavy atom. The van der Waals surface area contributed by atoms with Gasteiger partial charge in [-0.2, -0.15) is 0 Å². The number of hydrogen-bond donors (Lipinski definition) is 1. The van der Waals surface area contributed by atoms with Gasteiger partial charge >= 0.3 is 5.97 Å². The Morgan fingerprint density at radius 2 is 2.17 bits per heavy atom. The van der Waals surface area contributed by atoms with Crippen molar-refractivity contribution in [2.45, 2.75) is 20.3 Å². The molecule has 72 valence electrons. The molecule has 0 aromatic carbocycles. The third-order valence-electron chi connectivity index (χ3n) is 1.46. The van der Waals surface area contributed by atoms with E-state index in [1.54, 1.807) is 13.8 Å². The van der Waals surface area contributed by atoms with Gasteiger partial charge in [-0.05, 0) is 13.3 Å². The van der Waals surface area contributed by atoms with Crippen molar-refractivity contribution in [3.8, 4) is 0 Å². The lowest BCUT2D eigenvalue weighted by atomic mass is 10.1. The van der Waals surface area contributed by atoms with Crippen LogP contribution in [0, 0.1) is 5.92 Å². The molecular weight excluding hydrogens is 180 g/mol. The van der Waals surface area contributed by atoms with Crippen molar-refractivity contribution in [1.29, 1.82) is 0 Å². The van der Waals surface area contributed by atoms with Crippen LogP contribution in [0.4, 0.5) is 0 Å². The second-order valence-corrected chi connectivity index (χ2v) is 3.32. The summed E-state index contributed by atoms with van der Waals surface area (Å²) in [5, 5.41) is 0. The van der Waals surface area contributed by atoms with Crippen LogP contribution in [0.2, 0.25) is 0 Å². The Morgan fingerprint density at radius 3 is 2.50 bits per heavy atom. The van der Waals surface area contributed by atoms with Gasteiger partial charge in [0.25, 0.3) is 0 Å². The van der Waals surface area contributed by atoms with Crippen molar-refractivity contribution >= 4 is 17.0 Å². The van der Waals surface area contributed by atoms with E-state index in [0.29, 0.717) is 13.0 Å². The number of hydrogen-bond acceptors (Lipinski definition) is 3. The average molecular weight is 194 g/mol. The first-order valence-electron chi connectivity index (χ1n) is 3.85. The Balaban J connectivity index is 3.96. The van der Waals surface area contributed by atoms with Crippen LogP contribution in [-0.2, 0) is 20.6 Å². The summed E-state index contributed by atoms with van der Waals surface area (Å²) in [5.41, 5.74) is 0. The lowest BCUT2D eigenvalue weighted by Crippen LogP contribution is -2.22. The van der Waals surface area contributed by atoms with Crippen molar-refractivity contribution in [2.24, 2.45) is 5.92 Å². The smallest absolute Gasteiger partial charge is 0.309 e. The van der Waals surface area contributed by atoms with Crippen LogP contribution < -0.4 is 0 Å². The van der Waals surface area contributed by atoms with E-state index in [1.165, 1.54) is 0 Å². The molecule has 12 heavy (non-hydrogen) atoms. The van der Waals surface area contributed by atoms with Gasteiger partial charge in [-0.15, -0.1) is 0 Å². The molecule has 0 aromatic rings. The van der Waals surface area contributed by atoms with Gasteiger partial charge in [-0.1, -0.05) is 6.92 Å². The van der Waals surface area contributed by atoms with E-state index in [9.17, 15) is 9.00 Å². The summed E-state index contributed by atoms with van der Waals surface area (Å²) in [6.07, 6.45) is 0.533. The summed E-state index contributed by atoms with van der Waals surface area (Å²) in [4.78, 5) is 11.0. The highest BCUT2D eigenvalue weighted by Crippen LogP contribution is 2.06. The minimum atomic E-state index is -1.92. The zero-order valence-electron chi connectivity index (χ0n) is 7.28. The molecule has 2 atom stereocenters. The van der Waals surface area contributed by atoms with Crippen LogP contribution in [-0.4, -0.2) is 27.1 Å². The third-order valence-corrected chi connectivity index (χ3v) is 2.14. The van der Waals surface area contributed by atoms with Crippen LogP contribution in [0.1, 0.15) is 20.3 Å². The summed E-state index contributed by atoms with van der Waals surface area (Å²) < 4.78 is 23.6. The number of carbonyl (C=O) groups excluding carboxylic acids is 1. The fourth-order valence-corrected chi connectivity index (χ4v) is 1.50. The van der Waals surface area contributed by atoms with E-state index < -0.39 is 17.0 Å². The molecule has 0 saturated heterocycles. The molecule has 0 aliphatic rings. The zero-order valence-corrected chi connectivity index (χ0v) is 8.10. The Labute approximate surface area is 74.6 Å². The molecule has 0 bridgehead atoms. The lowest BCUT2D eigenvalue weighted by Gasteiger charge is -2.10. The topological polar surface area (TPSA) is 63.6 Å². The molecule has 0 rings (SSSR count). The second kappa shape index (κ2) is 6.14. The molecule has 0 amide bonds. The monoisotopic (exact) mass is 194 g/mol. The molecule has 4 nitrogen and oxygen atoms in total. The van der Waals surface area contributed by atoms with Crippen molar-refractivity contribution in [1.82, 2.24) is 0 Å². The minimum absolute atomic E-state index is 0.0324. The lowest BCUT2D eigenvalue weighted by molar-refractivity contribution is -0.147. The zero-order chi connectivity index (χ0) is 9.56. The van der Waals surface area contributed by atoms with E-state index in [4.69, 9.17) is 9.29 Å². The quantitative estimate of drug-likeness (QED) is 0.519. The van der Waals surface area contributed by atoms with E-state index in [0.717, 1.165) is 0 Å². The minimum Gasteiger partial charge on any atom is -0.466 e. The van der Waals surface area contributed by atoms with Gasteiger partial charge in [0.15, 0.2) is 11.1 Å². The fraction of sp³-hybridized carbons (Fsp3) is 0.857. The van der Waals surface area contributed by atoms with E-state index >= 15 is 0 Å². The SMILES string of the molecule is CCOC(=O)C(CC)CS(=O)O. The van der Waals surface area contributed by atoms with Crippen LogP contribution in [0.3, 0.4) is 0 Å². The average Bonchev–Trinajstić information content (AvgIpc) is 2.00. The van der Waals surface area contributed by atoms with Gasteiger partial charge in [0.1, 0.15) is 0 Å². The van der Waals surface area contributed by atoms with Crippen molar-refractivity contribution in [2.75, 3.05) is 12.4 Å². The molecule has 0 spiro atoms. The Kier molecular flexibility index (Phi) is 5.92. The third kappa shape index (κ3) is 4.46. The predicted octanol–water partition coefficient (Wildman–Crippen LogP) is 0.797.